The molecule has 0 aromatic carbocycles. The molecule has 22 heavy (non-hydrogen) atoms. The van der Waals surface area contributed by atoms with E-state index < -0.39 is 11.8 Å². The highest BCUT2D eigenvalue weighted by atomic mass is 16.6. The highest BCUT2D eigenvalue weighted by Crippen LogP contribution is 2.16. The van der Waals surface area contributed by atoms with Crippen molar-refractivity contribution in [3.8, 4) is 6.26 Å². The molecular formula is C15H25N3O4. The molecule has 124 valence electrons. The zero-order chi connectivity index (χ0) is 17.2. The Labute approximate surface area is 131 Å². The van der Waals surface area contributed by atoms with Gasteiger partial charge in [-0.3, -0.25) is 0 Å². The van der Waals surface area contributed by atoms with Gasteiger partial charge in [0.15, 0.2) is 0 Å². The second kappa shape index (κ2) is 9.68. The Morgan fingerprint density at radius 2 is 2.14 bits per heavy atom. The fourth-order valence-electron chi connectivity index (χ4n) is 1.88. The Balaban J connectivity index is 5.38. The van der Waals surface area contributed by atoms with Crippen molar-refractivity contribution in [1.82, 2.24) is 10.2 Å². The van der Waals surface area contributed by atoms with Crippen LogP contribution >= 0.6 is 0 Å². The lowest BCUT2D eigenvalue weighted by Crippen LogP contribution is -2.38. The van der Waals surface area contributed by atoms with Crippen molar-refractivity contribution >= 4 is 5.97 Å². The average molecular weight is 311 g/mol. The summed E-state index contributed by atoms with van der Waals surface area (Å²) in [5.41, 5.74) is 0.145. The zero-order valence-corrected chi connectivity index (χ0v) is 13.6. The maximum Gasteiger partial charge on any atom is 0.339 e. The molecule has 0 aliphatic carbocycles. The zero-order valence-electron chi connectivity index (χ0n) is 13.6. The van der Waals surface area contributed by atoms with Crippen LogP contribution < -0.4 is 5.32 Å². The first-order chi connectivity index (χ1) is 10.3. The summed E-state index contributed by atoms with van der Waals surface area (Å²) in [6, 6.07) is 0. The van der Waals surface area contributed by atoms with E-state index in [4.69, 9.17) is 5.26 Å². The second-order valence-electron chi connectivity index (χ2n) is 4.80. The lowest BCUT2D eigenvalue weighted by atomic mass is 10.2. The summed E-state index contributed by atoms with van der Waals surface area (Å²) in [4.78, 5) is 13.2. The topological polar surface area (TPSA) is 106 Å². The molecule has 1 atom stereocenters. The van der Waals surface area contributed by atoms with Gasteiger partial charge in [0.2, 0.25) is 5.79 Å². The van der Waals surface area contributed by atoms with Crippen molar-refractivity contribution in [2.24, 2.45) is 0 Å². The molecule has 3 N–H and O–H groups in total. The van der Waals surface area contributed by atoms with Crippen LogP contribution in [0.2, 0.25) is 0 Å². The predicted molar refractivity (Wildman–Crippen MR) is 82.3 cm³/mol. The summed E-state index contributed by atoms with van der Waals surface area (Å²) in [6.07, 6.45) is 4.80. The molecule has 0 saturated carbocycles. The molecule has 0 spiro atoms. The van der Waals surface area contributed by atoms with Crippen LogP contribution in [0.25, 0.3) is 0 Å². The van der Waals surface area contributed by atoms with E-state index in [2.05, 4.69) is 10.1 Å². The number of nitrogens with one attached hydrogen (secondary N) is 1. The van der Waals surface area contributed by atoms with E-state index >= 15 is 0 Å². The standard InChI is InChI=1S/C15H25N3O4/c1-5-8-12(14(19)20)13(17-6-2)18(7-3)10-9-15(4,21)22-11-16/h5,8,17,21H,6-7,9-10H2,1-4H3,(H,19,20)/b8-5-,13-12-. The smallest absolute Gasteiger partial charge is 0.339 e. The van der Waals surface area contributed by atoms with Gasteiger partial charge in [-0.2, -0.15) is 5.26 Å². The fraction of sp³-hybridized carbons (Fsp3) is 0.600. The van der Waals surface area contributed by atoms with E-state index in [1.54, 1.807) is 17.9 Å². The van der Waals surface area contributed by atoms with Crippen LogP contribution in [0.3, 0.4) is 0 Å². The van der Waals surface area contributed by atoms with Crippen molar-refractivity contribution in [2.75, 3.05) is 19.6 Å². The number of hydrogen-bond acceptors (Lipinski definition) is 6. The van der Waals surface area contributed by atoms with Gasteiger partial charge < -0.3 is 25.2 Å². The van der Waals surface area contributed by atoms with E-state index in [9.17, 15) is 15.0 Å². The van der Waals surface area contributed by atoms with E-state index in [1.807, 2.05) is 13.8 Å². The first kappa shape index (κ1) is 19.8. The summed E-state index contributed by atoms with van der Waals surface area (Å²) in [5.74, 6) is -2.14. The van der Waals surface area contributed by atoms with Crippen LogP contribution in [0.5, 0.6) is 0 Å². The normalized spacial score (nSPS) is 14.7. The number of carboxylic acids is 1. The van der Waals surface area contributed by atoms with E-state index in [1.165, 1.54) is 19.3 Å². The molecule has 7 nitrogen and oxygen atoms in total. The minimum Gasteiger partial charge on any atom is -0.478 e. The summed E-state index contributed by atoms with van der Waals surface area (Å²) >= 11 is 0. The molecule has 0 rings (SSSR count). The molecular weight excluding hydrogens is 286 g/mol. The van der Waals surface area contributed by atoms with Crippen molar-refractivity contribution < 1.29 is 19.7 Å². The SMILES string of the molecule is C/C=C\C(C(=O)O)=C(/NCC)N(CC)CCC(C)(O)OC#N. The number of rotatable bonds is 10. The molecule has 0 aliphatic rings. The molecule has 0 aromatic rings. The Morgan fingerprint density at radius 3 is 2.55 bits per heavy atom. The van der Waals surface area contributed by atoms with Crippen molar-refractivity contribution in [3.05, 3.63) is 23.5 Å². The third-order valence-electron chi connectivity index (χ3n) is 2.97. The van der Waals surface area contributed by atoms with Crippen LogP contribution in [0.4, 0.5) is 0 Å². The Hall–Kier alpha value is -2.20. The number of carbonyl (C=O) groups is 1. The van der Waals surface area contributed by atoms with Gasteiger partial charge in [-0.05, 0) is 26.8 Å². The number of allylic oxidation sites excluding steroid dienone is 1. The lowest BCUT2D eigenvalue weighted by molar-refractivity contribution is -0.150. The number of ether oxygens (including phenoxy) is 1. The Kier molecular flexibility index (Phi) is 8.72. The van der Waals surface area contributed by atoms with Gasteiger partial charge in [-0.15, -0.1) is 0 Å². The van der Waals surface area contributed by atoms with Gasteiger partial charge in [-0.25, -0.2) is 4.79 Å². The van der Waals surface area contributed by atoms with Crippen LogP contribution in [0, 0.1) is 11.5 Å². The largest absolute Gasteiger partial charge is 0.478 e. The number of nitrogens with zero attached hydrogens (tertiary/aromatic N) is 2. The summed E-state index contributed by atoms with van der Waals surface area (Å²) < 4.78 is 4.59. The molecule has 0 amide bonds. The molecule has 7 heteroatoms. The van der Waals surface area contributed by atoms with Gasteiger partial charge in [-0.1, -0.05) is 6.08 Å². The molecule has 0 aromatic heterocycles. The van der Waals surface area contributed by atoms with Crippen LogP contribution in [-0.4, -0.2) is 46.5 Å². The number of hydrogen-bond donors (Lipinski definition) is 3. The first-order valence-corrected chi connectivity index (χ1v) is 7.21. The third kappa shape index (κ3) is 6.50. The van der Waals surface area contributed by atoms with Gasteiger partial charge in [0, 0.05) is 33.0 Å². The number of carboxylic acid groups (broad SMARTS) is 1. The fourth-order valence-corrected chi connectivity index (χ4v) is 1.88. The molecule has 0 aliphatic heterocycles. The minimum absolute atomic E-state index is 0.145. The Morgan fingerprint density at radius 1 is 1.50 bits per heavy atom. The molecule has 0 radical (unpaired) electrons. The first-order valence-electron chi connectivity index (χ1n) is 7.21. The van der Waals surface area contributed by atoms with Crippen molar-refractivity contribution in [1.29, 1.82) is 5.26 Å². The molecule has 0 saturated heterocycles. The second-order valence-corrected chi connectivity index (χ2v) is 4.80. The number of aliphatic carboxylic acids is 1. The van der Waals surface area contributed by atoms with Crippen LogP contribution in [-0.2, 0) is 9.53 Å². The maximum absolute atomic E-state index is 11.4. The quantitative estimate of drug-likeness (QED) is 0.242. The predicted octanol–water partition coefficient (Wildman–Crippen LogP) is 1.39. The number of nitriles is 1. The highest BCUT2D eigenvalue weighted by molar-refractivity contribution is 5.90. The Bertz CT molecular complexity index is 464. The molecule has 1 unspecified atom stereocenters. The highest BCUT2D eigenvalue weighted by Gasteiger charge is 2.25. The molecule has 0 heterocycles. The average Bonchev–Trinajstić information content (AvgIpc) is 2.44. The summed E-state index contributed by atoms with van der Waals surface area (Å²) in [7, 11) is 0. The maximum atomic E-state index is 11.4. The van der Waals surface area contributed by atoms with Crippen molar-refractivity contribution in [3.63, 3.8) is 0 Å². The molecule has 0 fully saturated rings. The minimum atomic E-state index is -1.58. The van der Waals surface area contributed by atoms with Crippen LogP contribution in [0.15, 0.2) is 23.5 Å². The van der Waals surface area contributed by atoms with E-state index in [0.717, 1.165) is 0 Å². The van der Waals surface area contributed by atoms with Gasteiger partial charge in [0.05, 0.1) is 5.57 Å². The third-order valence-corrected chi connectivity index (χ3v) is 2.97. The number of aliphatic hydroxyl groups is 1. The van der Waals surface area contributed by atoms with Gasteiger partial charge >= 0.3 is 5.97 Å². The lowest BCUT2D eigenvalue weighted by Gasteiger charge is -2.30. The monoisotopic (exact) mass is 311 g/mol. The van der Waals surface area contributed by atoms with Crippen molar-refractivity contribution in [2.45, 2.75) is 39.9 Å². The van der Waals surface area contributed by atoms with E-state index in [0.29, 0.717) is 25.5 Å². The van der Waals surface area contributed by atoms with Crippen LogP contribution in [0.1, 0.15) is 34.1 Å². The summed E-state index contributed by atoms with van der Waals surface area (Å²) in [5, 5.41) is 30.8. The molecule has 0 bridgehead atoms. The summed E-state index contributed by atoms with van der Waals surface area (Å²) in [6.45, 7) is 8.33. The van der Waals surface area contributed by atoms with Gasteiger partial charge in [0.1, 0.15) is 5.82 Å². The van der Waals surface area contributed by atoms with Gasteiger partial charge in [0.25, 0.3) is 6.26 Å². The van der Waals surface area contributed by atoms with E-state index in [-0.39, 0.29) is 12.0 Å².